The van der Waals surface area contributed by atoms with Crippen LogP contribution in [0.5, 0.6) is 0 Å². The van der Waals surface area contributed by atoms with Crippen LogP contribution in [0.15, 0.2) is 0 Å². The number of hydrogen-bond donors (Lipinski definition) is 1. The summed E-state index contributed by atoms with van der Waals surface area (Å²) in [6, 6.07) is -2.25. The van der Waals surface area contributed by atoms with Crippen LogP contribution in [0.1, 0.15) is 53.4 Å². The van der Waals surface area contributed by atoms with Crippen molar-refractivity contribution >= 4 is 34.4 Å². The summed E-state index contributed by atoms with van der Waals surface area (Å²) in [6.07, 6.45) is 1.42. The average Bonchev–Trinajstić information content (AvgIpc) is 3.07. The Bertz CT molecular complexity index is 980. The molecule has 3 heterocycles. The van der Waals surface area contributed by atoms with Crippen LogP contribution in [-0.2, 0) is 37.9 Å². The largest absolute Gasteiger partial charge is 0.466 e. The minimum Gasteiger partial charge on any atom is -0.466 e. The predicted octanol–water partition coefficient (Wildman–Crippen LogP) is 0.774. The first-order valence-corrected chi connectivity index (χ1v) is 13.8. The van der Waals surface area contributed by atoms with E-state index in [1.54, 1.807) is 18.7 Å². The normalized spacial score (nSPS) is 22.7. The maximum absolute atomic E-state index is 13.0. The lowest BCUT2D eigenvalue weighted by molar-refractivity contribution is -0.155. The van der Waals surface area contributed by atoms with E-state index < -0.39 is 46.5 Å². The van der Waals surface area contributed by atoms with Crippen molar-refractivity contribution < 1.29 is 45.5 Å². The Morgan fingerprint density at radius 3 is 2.30 bits per heavy atom. The van der Waals surface area contributed by atoms with Gasteiger partial charge in [-0.15, -0.1) is 4.28 Å². The number of carbonyl (C=O) groups is 4. The van der Waals surface area contributed by atoms with Gasteiger partial charge in [0.15, 0.2) is 0 Å². The molecular weight excluding hydrogens is 512 g/mol. The van der Waals surface area contributed by atoms with Gasteiger partial charge in [-0.25, -0.2) is 13.8 Å². The van der Waals surface area contributed by atoms with Crippen molar-refractivity contribution in [1.29, 1.82) is 0 Å². The number of hydrogen-bond acceptors (Lipinski definition) is 10. The minimum absolute atomic E-state index is 0.127. The third-order valence-electron chi connectivity index (χ3n) is 6.56. The van der Waals surface area contributed by atoms with Crippen molar-refractivity contribution in [3.63, 3.8) is 0 Å². The topological polar surface area (TPSA) is 161 Å². The van der Waals surface area contributed by atoms with E-state index >= 15 is 0 Å². The molecule has 3 rings (SSSR count). The van der Waals surface area contributed by atoms with Crippen LogP contribution in [0, 0.1) is 5.41 Å². The molecule has 3 fully saturated rings. The smallest absolute Gasteiger partial charge is 0.421 e. The number of fused-ring (bicyclic) bond motifs is 2. The first-order valence-electron chi connectivity index (χ1n) is 12.5. The van der Waals surface area contributed by atoms with Gasteiger partial charge in [-0.1, -0.05) is 0 Å². The number of rotatable bonds is 10. The maximum atomic E-state index is 13.0. The number of amides is 4. The standard InChI is InChI=1S/C22H36N4O10S/c1-5-33-19(28)22(3,4)14-35-37(31,32)36-26-16-7-8-17(25(13-16)20(26)29)18(27)23-15-9-11-24(12-10-15)21(30)34-6-2/h15-17H,5-14H2,1-4H3,(H,23,27)/t16-,17-/m0/s1. The van der Waals surface area contributed by atoms with Gasteiger partial charge in [0.05, 0.1) is 31.3 Å². The molecule has 0 aliphatic carbocycles. The summed E-state index contributed by atoms with van der Waals surface area (Å²) in [6.45, 7) is 7.21. The molecule has 3 saturated heterocycles. The molecule has 15 heteroatoms. The summed E-state index contributed by atoms with van der Waals surface area (Å²) in [5, 5.41) is 3.67. The second-order valence-electron chi connectivity index (χ2n) is 9.83. The van der Waals surface area contributed by atoms with Crippen LogP contribution in [0.3, 0.4) is 0 Å². The van der Waals surface area contributed by atoms with E-state index in [1.807, 2.05) is 0 Å². The van der Waals surface area contributed by atoms with Crippen molar-refractivity contribution in [2.45, 2.75) is 71.5 Å². The molecule has 210 valence electrons. The monoisotopic (exact) mass is 548 g/mol. The van der Waals surface area contributed by atoms with Gasteiger partial charge in [0, 0.05) is 25.7 Å². The molecule has 14 nitrogen and oxygen atoms in total. The third-order valence-corrected chi connectivity index (χ3v) is 7.31. The molecule has 0 spiro atoms. The van der Waals surface area contributed by atoms with Crippen molar-refractivity contribution in [2.24, 2.45) is 5.41 Å². The average molecular weight is 549 g/mol. The fraction of sp³-hybridized carbons (Fsp3) is 0.818. The Morgan fingerprint density at radius 2 is 1.68 bits per heavy atom. The van der Waals surface area contributed by atoms with E-state index in [4.69, 9.17) is 17.9 Å². The van der Waals surface area contributed by atoms with Crippen LogP contribution in [0.2, 0.25) is 0 Å². The van der Waals surface area contributed by atoms with Gasteiger partial charge in [0.2, 0.25) is 5.91 Å². The van der Waals surface area contributed by atoms with Gasteiger partial charge < -0.3 is 24.6 Å². The number of nitrogens with zero attached hydrogens (tertiary/aromatic N) is 3. The number of urea groups is 1. The molecule has 4 amide bonds. The van der Waals surface area contributed by atoms with Gasteiger partial charge in [0.25, 0.3) is 0 Å². The summed E-state index contributed by atoms with van der Waals surface area (Å²) in [7, 11) is -4.67. The van der Waals surface area contributed by atoms with E-state index in [0.717, 1.165) is 5.06 Å². The van der Waals surface area contributed by atoms with E-state index in [-0.39, 0.29) is 31.2 Å². The Morgan fingerprint density at radius 1 is 1.03 bits per heavy atom. The Balaban J connectivity index is 1.53. The summed E-state index contributed by atoms with van der Waals surface area (Å²) in [5.41, 5.74) is -1.25. The predicted molar refractivity (Wildman–Crippen MR) is 127 cm³/mol. The highest BCUT2D eigenvalue weighted by Crippen LogP contribution is 2.31. The molecule has 2 bridgehead atoms. The molecule has 1 N–H and O–H groups in total. The highest BCUT2D eigenvalue weighted by Gasteiger charge is 2.50. The van der Waals surface area contributed by atoms with Crippen molar-refractivity contribution in [1.82, 2.24) is 20.2 Å². The molecule has 2 atom stereocenters. The van der Waals surface area contributed by atoms with Crippen LogP contribution in [-0.4, -0.2) is 105 Å². The van der Waals surface area contributed by atoms with E-state index in [9.17, 15) is 27.6 Å². The van der Waals surface area contributed by atoms with Gasteiger partial charge in [-0.2, -0.15) is 13.5 Å². The van der Waals surface area contributed by atoms with Crippen LogP contribution >= 0.6 is 0 Å². The van der Waals surface area contributed by atoms with Crippen LogP contribution < -0.4 is 5.32 Å². The number of carbonyl (C=O) groups excluding carboxylic acids is 4. The zero-order valence-corrected chi connectivity index (χ0v) is 22.5. The summed E-state index contributed by atoms with van der Waals surface area (Å²) in [5.74, 6) is -0.969. The molecule has 0 aromatic carbocycles. The fourth-order valence-electron chi connectivity index (χ4n) is 4.45. The zero-order chi connectivity index (χ0) is 27.4. The molecular formula is C22H36N4O10S. The number of hydroxylamine groups is 2. The minimum atomic E-state index is -4.67. The summed E-state index contributed by atoms with van der Waals surface area (Å²) < 4.78 is 44.5. The highest BCUT2D eigenvalue weighted by atomic mass is 32.3. The first kappa shape index (κ1) is 28.9. The van der Waals surface area contributed by atoms with E-state index in [1.165, 1.54) is 18.7 Å². The number of likely N-dealkylation sites (tertiary alicyclic amines) is 1. The Labute approximate surface area is 216 Å². The van der Waals surface area contributed by atoms with E-state index in [0.29, 0.717) is 45.4 Å². The van der Waals surface area contributed by atoms with Gasteiger partial charge in [-0.05, 0) is 53.4 Å². The Hall–Kier alpha value is -2.65. The lowest BCUT2D eigenvalue weighted by Gasteiger charge is -2.34. The first-order chi connectivity index (χ1) is 17.4. The molecule has 3 aliphatic heterocycles. The quantitative estimate of drug-likeness (QED) is 0.386. The van der Waals surface area contributed by atoms with Crippen LogP contribution in [0.4, 0.5) is 9.59 Å². The molecule has 0 aromatic heterocycles. The number of nitrogens with one attached hydrogen (secondary N) is 1. The number of esters is 1. The highest BCUT2D eigenvalue weighted by molar-refractivity contribution is 7.81. The maximum Gasteiger partial charge on any atom is 0.421 e. The number of ether oxygens (including phenoxy) is 2. The lowest BCUT2D eigenvalue weighted by Crippen LogP contribution is -2.54. The second kappa shape index (κ2) is 11.8. The second-order valence-corrected chi connectivity index (χ2v) is 11.0. The van der Waals surface area contributed by atoms with E-state index in [2.05, 4.69) is 5.32 Å². The zero-order valence-electron chi connectivity index (χ0n) is 21.6. The number of piperidine rings is 2. The lowest BCUT2D eigenvalue weighted by atomic mass is 9.95. The summed E-state index contributed by atoms with van der Waals surface area (Å²) in [4.78, 5) is 52.6. The molecule has 0 aromatic rings. The third kappa shape index (κ3) is 7.02. The SMILES string of the molecule is CCOC(=O)N1CCC(NC(=O)[C@@H]2CC[C@H]3CN2C(=O)N3OS(=O)(=O)OCC(C)(C)C(=O)OCC)CC1. The van der Waals surface area contributed by atoms with Crippen LogP contribution in [0.25, 0.3) is 0 Å². The fourth-order valence-corrected chi connectivity index (χ4v) is 5.31. The van der Waals surface area contributed by atoms with Crippen molar-refractivity contribution in [3.05, 3.63) is 0 Å². The molecule has 0 radical (unpaired) electrons. The molecule has 3 aliphatic rings. The van der Waals surface area contributed by atoms with Crippen molar-refractivity contribution in [3.8, 4) is 0 Å². The van der Waals surface area contributed by atoms with Gasteiger partial charge in [-0.3, -0.25) is 9.59 Å². The molecule has 0 saturated carbocycles. The molecule has 37 heavy (non-hydrogen) atoms. The van der Waals surface area contributed by atoms with Gasteiger partial charge >= 0.3 is 28.5 Å². The van der Waals surface area contributed by atoms with Crippen molar-refractivity contribution in [2.75, 3.05) is 39.5 Å². The van der Waals surface area contributed by atoms with Gasteiger partial charge in [0.1, 0.15) is 6.04 Å². The summed E-state index contributed by atoms with van der Waals surface area (Å²) >= 11 is 0. The Kier molecular flexibility index (Phi) is 9.23. The molecule has 0 unspecified atom stereocenters.